The SMILES string of the molecule is O=C(C=CSCc1ccco1)NCc1cccc(Cl)c1. The van der Waals surface area contributed by atoms with Crippen LogP contribution in [0.2, 0.25) is 5.02 Å². The Bertz CT molecular complexity index is 581. The molecule has 0 atom stereocenters. The molecule has 1 aromatic heterocycles. The van der Waals surface area contributed by atoms with Crippen LogP contribution in [-0.2, 0) is 17.1 Å². The summed E-state index contributed by atoms with van der Waals surface area (Å²) in [7, 11) is 0. The zero-order valence-corrected chi connectivity index (χ0v) is 12.3. The summed E-state index contributed by atoms with van der Waals surface area (Å²) in [6.07, 6.45) is 3.15. The summed E-state index contributed by atoms with van der Waals surface area (Å²) < 4.78 is 5.19. The zero-order chi connectivity index (χ0) is 14.2. The van der Waals surface area contributed by atoms with E-state index in [1.165, 1.54) is 17.8 Å². The Kier molecular flexibility index (Phi) is 5.77. The third kappa shape index (κ3) is 5.15. The van der Waals surface area contributed by atoms with Gasteiger partial charge in [-0.25, -0.2) is 0 Å². The Balaban J connectivity index is 1.69. The Morgan fingerprint density at radius 3 is 3.00 bits per heavy atom. The summed E-state index contributed by atoms with van der Waals surface area (Å²) in [5, 5.41) is 5.23. The van der Waals surface area contributed by atoms with Crippen LogP contribution in [0.4, 0.5) is 0 Å². The molecule has 3 nitrogen and oxygen atoms in total. The highest BCUT2D eigenvalue weighted by atomic mass is 35.5. The van der Waals surface area contributed by atoms with E-state index in [9.17, 15) is 4.79 Å². The highest BCUT2D eigenvalue weighted by Crippen LogP contribution is 2.13. The first-order chi connectivity index (χ1) is 9.74. The van der Waals surface area contributed by atoms with Gasteiger partial charge in [-0.15, -0.1) is 11.8 Å². The van der Waals surface area contributed by atoms with Gasteiger partial charge in [0.2, 0.25) is 5.91 Å². The number of benzene rings is 1. The molecule has 0 saturated carbocycles. The molecule has 0 fully saturated rings. The number of carbonyl (C=O) groups excluding carboxylic acids is 1. The first-order valence-corrected chi connectivity index (χ1v) is 7.49. The molecule has 0 saturated heterocycles. The molecule has 0 aliphatic heterocycles. The van der Waals surface area contributed by atoms with E-state index in [4.69, 9.17) is 16.0 Å². The number of furan rings is 1. The highest BCUT2D eigenvalue weighted by molar-refractivity contribution is 8.01. The van der Waals surface area contributed by atoms with Crippen LogP contribution in [0.3, 0.4) is 0 Å². The largest absolute Gasteiger partial charge is 0.468 e. The van der Waals surface area contributed by atoms with E-state index in [1.807, 2.05) is 30.3 Å². The third-order valence-corrected chi connectivity index (χ3v) is 3.49. The van der Waals surface area contributed by atoms with Crippen LogP contribution in [0.15, 0.2) is 58.6 Å². The Morgan fingerprint density at radius 1 is 1.35 bits per heavy atom. The predicted molar refractivity (Wildman–Crippen MR) is 82.4 cm³/mol. The molecule has 0 aliphatic rings. The average Bonchev–Trinajstić information content (AvgIpc) is 2.95. The number of amides is 1. The maximum Gasteiger partial charge on any atom is 0.244 e. The normalized spacial score (nSPS) is 10.8. The quantitative estimate of drug-likeness (QED) is 0.820. The fourth-order valence-corrected chi connectivity index (χ4v) is 2.39. The minimum absolute atomic E-state index is 0.128. The van der Waals surface area contributed by atoms with Gasteiger partial charge in [0.25, 0.3) is 0 Å². The summed E-state index contributed by atoms with van der Waals surface area (Å²) >= 11 is 7.38. The number of carbonyl (C=O) groups is 1. The molecule has 1 N–H and O–H groups in total. The van der Waals surface area contributed by atoms with E-state index < -0.39 is 0 Å². The summed E-state index contributed by atoms with van der Waals surface area (Å²) in [5.41, 5.74) is 0.975. The van der Waals surface area contributed by atoms with Crippen LogP contribution in [0.25, 0.3) is 0 Å². The molecule has 0 aliphatic carbocycles. The Labute approximate surface area is 127 Å². The molecule has 5 heteroatoms. The van der Waals surface area contributed by atoms with Crippen LogP contribution in [0, 0.1) is 0 Å². The number of hydrogen-bond donors (Lipinski definition) is 1. The standard InChI is InChI=1S/C15H14ClNO2S/c16-13-4-1-3-12(9-13)10-17-15(18)6-8-20-11-14-5-2-7-19-14/h1-9H,10-11H2,(H,17,18). The van der Waals surface area contributed by atoms with Crippen molar-refractivity contribution in [2.45, 2.75) is 12.3 Å². The van der Waals surface area contributed by atoms with Crippen molar-refractivity contribution in [3.8, 4) is 0 Å². The van der Waals surface area contributed by atoms with Crippen molar-refractivity contribution in [3.63, 3.8) is 0 Å². The van der Waals surface area contributed by atoms with Crippen molar-refractivity contribution in [2.75, 3.05) is 0 Å². The minimum Gasteiger partial charge on any atom is -0.468 e. The minimum atomic E-state index is -0.128. The van der Waals surface area contributed by atoms with Gasteiger partial charge in [-0.1, -0.05) is 23.7 Å². The lowest BCUT2D eigenvalue weighted by atomic mass is 10.2. The second kappa shape index (κ2) is 7.82. The van der Waals surface area contributed by atoms with Crippen molar-refractivity contribution in [1.82, 2.24) is 5.32 Å². The Hall–Kier alpha value is -1.65. The molecule has 0 spiro atoms. The molecule has 0 radical (unpaired) electrons. The summed E-state index contributed by atoms with van der Waals surface area (Å²) in [6, 6.07) is 11.2. The number of rotatable bonds is 6. The molecule has 0 bridgehead atoms. The van der Waals surface area contributed by atoms with Gasteiger partial charge in [-0.2, -0.15) is 0 Å². The van der Waals surface area contributed by atoms with Crippen molar-refractivity contribution < 1.29 is 9.21 Å². The van der Waals surface area contributed by atoms with Crippen LogP contribution in [0.1, 0.15) is 11.3 Å². The fraction of sp³-hybridized carbons (Fsp3) is 0.133. The molecule has 1 aromatic carbocycles. The van der Waals surface area contributed by atoms with Crippen LogP contribution < -0.4 is 5.32 Å². The third-order valence-electron chi connectivity index (χ3n) is 2.48. The summed E-state index contributed by atoms with van der Waals surface area (Å²) in [4.78, 5) is 11.6. The monoisotopic (exact) mass is 307 g/mol. The van der Waals surface area contributed by atoms with E-state index >= 15 is 0 Å². The van der Waals surface area contributed by atoms with Gasteiger partial charge >= 0.3 is 0 Å². The summed E-state index contributed by atoms with van der Waals surface area (Å²) in [6.45, 7) is 0.465. The van der Waals surface area contributed by atoms with Gasteiger partial charge < -0.3 is 9.73 Å². The summed E-state index contributed by atoms with van der Waals surface area (Å²) in [5.74, 6) is 1.47. The maximum absolute atomic E-state index is 11.6. The van der Waals surface area contributed by atoms with E-state index in [1.54, 1.807) is 17.7 Å². The van der Waals surface area contributed by atoms with E-state index in [-0.39, 0.29) is 5.91 Å². The molecular formula is C15H14ClNO2S. The van der Waals surface area contributed by atoms with E-state index in [2.05, 4.69) is 5.32 Å². The van der Waals surface area contributed by atoms with Crippen LogP contribution in [-0.4, -0.2) is 5.91 Å². The topological polar surface area (TPSA) is 42.2 Å². The number of nitrogens with one attached hydrogen (secondary N) is 1. The lowest BCUT2D eigenvalue weighted by molar-refractivity contribution is -0.116. The smallest absolute Gasteiger partial charge is 0.244 e. The predicted octanol–water partition coefficient (Wildman–Crippen LogP) is 4.00. The van der Waals surface area contributed by atoms with Gasteiger partial charge in [0.15, 0.2) is 0 Å². The lowest BCUT2D eigenvalue weighted by Gasteiger charge is -2.02. The maximum atomic E-state index is 11.6. The van der Waals surface area contributed by atoms with Crippen LogP contribution in [0.5, 0.6) is 0 Å². The molecule has 1 heterocycles. The van der Waals surface area contributed by atoms with Gasteiger partial charge in [0, 0.05) is 17.6 Å². The molecule has 0 unspecified atom stereocenters. The highest BCUT2D eigenvalue weighted by Gasteiger charge is 1.98. The second-order valence-electron chi connectivity index (χ2n) is 4.04. The van der Waals surface area contributed by atoms with Gasteiger partial charge in [-0.05, 0) is 35.2 Å². The first-order valence-electron chi connectivity index (χ1n) is 6.07. The second-order valence-corrected chi connectivity index (χ2v) is 5.37. The molecule has 104 valence electrons. The number of hydrogen-bond acceptors (Lipinski definition) is 3. The van der Waals surface area contributed by atoms with Crippen LogP contribution >= 0.6 is 23.4 Å². The first kappa shape index (κ1) is 14.8. The molecular weight excluding hydrogens is 294 g/mol. The fourth-order valence-electron chi connectivity index (χ4n) is 1.53. The van der Waals surface area contributed by atoms with Gasteiger partial charge in [0.05, 0.1) is 12.0 Å². The van der Waals surface area contributed by atoms with Gasteiger partial charge in [0.1, 0.15) is 5.76 Å². The zero-order valence-electron chi connectivity index (χ0n) is 10.7. The van der Waals surface area contributed by atoms with Crippen molar-refractivity contribution in [3.05, 3.63) is 70.5 Å². The van der Waals surface area contributed by atoms with Crippen molar-refractivity contribution >= 4 is 29.3 Å². The van der Waals surface area contributed by atoms with Crippen molar-refractivity contribution in [2.24, 2.45) is 0 Å². The molecule has 1 amide bonds. The molecule has 20 heavy (non-hydrogen) atoms. The number of halogens is 1. The molecule has 2 aromatic rings. The average molecular weight is 308 g/mol. The molecule has 2 rings (SSSR count). The van der Waals surface area contributed by atoms with Gasteiger partial charge in [-0.3, -0.25) is 4.79 Å². The van der Waals surface area contributed by atoms with E-state index in [0.717, 1.165) is 11.3 Å². The number of thioether (sulfide) groups is 1. The Morgan fingerprint density at radius 2 is 2.25 bits per heavy atom. The van der Waals surface area contributed by atoms with Crippen molar-refractivity contribution in [1.29, 1.82) is 0 Å². The van der Waals surface area contributed by atoms with E-state index in [0.29, 0.717) is 17.3 Å². The lowest BCUT2D eigenvalue weighted by Crippen LogP contribution is -2.20.